The molecule has 0 saturated heterocycles. The summed E-state index contributed by atoms with van der Waals surface area (Å²) in [5.74, 6) is 0.230. The van der Waals surface area contributed by atoms with E-state index in [0.717, 1.165) is 5.56 Å². The first-order chi connectivity index (χ1) is 16.3. The zero-order valence-corrected chi connectivity index (χ0v) is 19.2. The fourth-order valence-electron chi connectivity index (χ4n) is 3.16. The minimum atomic E-state index is -0.687. The van der Waals surface area contributed by atoms with Crippen LogP contribution in [0.1, 0.15) is 16.7 Å². The number of cyclic esters (lactones) is 1. The van der Waals surface area contributed by atoms with Crippen molar-refractivity contribution in [3.63, 3.8) is 0 Å². The summed E-state index contributed by atoms with van der Waals surface area (Å²) in [5, 5.41) is 11.7. The van der Waals surface area contributed by atoms with Crippen LogP contribution in [0, 0.1) is 10.1 Å². The molecule has 0 bridgehead atoms. The number of carbonyl (C=O) groups excluding carboxylic acids is 1. The van der Waals surface area contributed by atoms with Gasteiger partial charge in [-0.1, -0.05) is 41.4 Å². The van der Waals surface area contributed by atoms with Crippen LogP contribution in [0.3, 0.4) is 0 Å². The average molecular weight is 499 g/mol. The minimum Gasteiger partial charge on any atom is -0.493 e. The monoisotopic (exact) mass is 498 g/mol. The molecule has 0 unspecified atom stereocenters. The topological polar surface area (TPSA) is 100 Å². The first kappa shape index (κ1) is 23.3. The van der Waals surface area contributed by atoms with Gasteiger partial charge in [-0.05, 0) is 53.6 Å². The largest absolute Gasteiger partial charge is 0.493 e. The summed E-state index contributed by atoms with van der Waals surface area (Å²) >= 11 is 11.8. The van der Waals surface area contributed by atoms with Gasteiger partial charge in [0.15, 0.2) is 17.2 Å². The van der Waals surface area contributed by atoms with Gasteiger partial charge < -0.3 is 14.2 Å². The van der Waals surface area contributed by atoms with Crippen molar-refractivity contribution in [1.29, 1.82) is 0 Å². The Morgan fingerprint density at radius 1 is 1.09 bits per heavy atom. The number of aliphatic imine (C=N–C) groups is 1. The normalized spacial score (nSPS) is 14.0. The highest BCUT2D eigenvalue weighted by molar-refractivity contribution is 6.32. The van der Waals surface area contributed by atoms with Gasteiger partial charge in [-0.15, -0.1) is 0 Å². The molecule has 34 heavy (non-hydrogen) atoms. The number of carbonyl (C=O) groups is 1. The second-order valence-corrected chi connectivity index (χ2v) is 7.93. The fraction of sp³-hybridized carbons (Fsp3) is 0.0833. The van der Waals surface area contributed by atoms with Crippen LogP contribution in [-0.2, 0) is 16.1 Å². The molecule has 0 N–H and O–H groups in total. The van der Waals surface area contributed by atoms with Crippen molar-refractivity contribution in [3.8, 4) is 11.5 Å². The standard InChI is InChI=1S/C24H16Cl2N2O6/c1-32-22-11-14(5-8-21(22)33-13-15-3-2-4-17(25)9-15)10-19-24(29)34-23(27-19)16-6-7-18(26)20(12-16)28(30)31/h2-12H,13H2,1H3/b19-10-. The van der Waals surface area contributed by atoms with Crippen LogP contribution in [0.2, 0.25) is 10.0 Å². The van der Waals surface area contributed by atoms with E-state index in [1.807, 2.05) is 18.2 Å². The summed E-state index contributed by atoms with van der Waals surface area (Å²) in [5.41, 5.74) is 1.50. The van der Waals surface area contributed by atoms with E-state index >= 15 is 0 Å². The Kier molecular flexibility index (Phi) is 6.81. The lowest BCUT2D eigenvalue weighted by Gasteiger charge is -2.11. The van der Waals surface area contributed by atoms with Gasteiger partial charge in [0.2, 0.25) is 5.90 Å². The number of rotatable bonds is 7. The Morgan fingerprint density at radius 3 is 2.65 bits per heavy atom. The number of nitro groups is 1. The van der Waals surface area contributed by atoms with E-state index in [1.54, 1.807) is 24.3 Å². The quantitative estimate of drug-likeness (QED) is 0.175. The second kappa shape index (κ2) is 9.94. The summed E-state index contributed by atoms with van der Waals surface area (Å²) in [6.07, 6.45) is 1.52. The highest BCUT2D eigenvalue weighted by Gasteiger charge is 2.26. The smallest absolute Gasteiger partial charge is 0.363 e. The summed E-state index contributed by atoms with van der Waals surface area (Å²) in [7, 11) is 1.51. The summed E-state index contributed by atoms with van der Waals surface area (Å²) < 4.78 is 16.5. The molecule has 1 heterocycles. The molecule has 0 aromatic heterocycles. The number of hydrogen-bond acceptors (Lipinski definition) is 7. The zero-order valence-electron chi connectivity index (χ0n) is 17.7. The average Bonchev–Trinajstić information content (AvgIpc) is 3.18. The van der Waals surface area contributed by atoms with Crippen molar-refractivity contribution >= 4 is 46.8 Å². The van der Waals surface area contributed by atoms with Crippen molar-refractivity contribution in [2.45, 2.75) is 6.61 Å². The molecular formula is C24H16Cl2N2O6. The third kappa shape index (κ3) is 5.19. The fourth-order valence-corrected chi connectivity index (χ4v) is 3.56. The summed E-state index contributed by atoms with van der Waals surface area (Å²) in [6, 6.07) is 16.5. The molecule has 1 aliphatic rings. The van der Waals surface area contributed by atoms with Crippen molar-refractivity contribution in [3.05, 3.63) is 103 Å². The molecule has 0 spiro atoms. The van der Waals surface area contributed by atoms with Gasteiger partial charge in [-0.25, -0.2) is 9.79 Å². The molecule has 0 atom stereocenters. The molecule has 3 aromatic carbocycles. The van der Waals surface area contributed by atoms with Gasteiger partial charge in [0.05, 0.1) is 12.0 Å². The molecule has 0 amide bonds. The van der Waals surface area contributed by atoms with Crippen LogP contribution >= 0.6 is 23.2 Å². The number of nitro benzene ring substituents is 1. The third-order valence-electron chi connectivity index (χ3n) is 4.78. The third-order valence-corrected chi connectivity index (χ3v) is 5.34. The molecule has 10 heteroatoms. The maximum absolute atomic E-state index is 12.3. The van der Waals surface area contributed by atoms with Crippen LogP contribution in [0.15, 0.2) is 71.4 Å². The molecule has 4 rings (SSSR count). The number of hydrogen-bond donors (Lipinski definition) is 0. The Balaban J connectivity index is 1.56. The Labute approximate surface area is 204 Å². The number of methoxy groups -OCH3 is 1. The van der Waals surface area contributed by atoms with E-state index in [1.165, 1.54) is 31.4 Å². The lowest BCUT2D eigenvalue weighted by Crippen LogP contribution is -2.06. The molecule has 3 aromatic rings. The van der Waals surface area contributed by atoms with Crippen LogP contribution in [-0.4, -0.2) is 23.9 Å². The Bertz CT molecular complexity index is 1350. The van der Waals surface area contributed by atoms with Crippen LogP contribution in [0.4, 0.5) is 5.69 Å². The van der Waals surface area contributed by atoms with E-state index in [0.29, 0.717) is 28.7 Å². The van der Waals surface area contributed by atoms with E-state index in [9.17, 15) is 14.9 Å². The van der Waals surface area contributed by atoms with Gasteiger partial charge in [-0.2, -0.15) is 0 Å². The van der Waals surface area contributed by atoms with E-state index < -0.39 is 10.9 Å². The maximum atomic E-state index is 12.3. The molecule has 0 aliphatic carbocycles. The highest BCUT2D eigenvalue weighted by Crippen LogP contribution is 2.31. The van der Waals surface area contributed by atoms with Crippen molar-refractivity contribution < 1.29 is 23.9 Å². The van der Waals surface area contributed by atoms with Crippen LogP contribution in [0.5, 0.6) is 11.5 Å². The lowest BCUT2D eigenvalue weighted by molar-refractivity contribution is -0.384. The second-order valence-electron chi connectivity index (χ2n) is 7.09. The highest BCUT2D eigenvalue weighted by atomic mass is 35.5. The zero-order chi connectivity index (χ0) is 24.2. The molecule has 0 saturated carbocycles. The first-order valence-corrected chi connectivity index (χ1v) is 10.6. The molecule has 8 nitrogen and oxygen atoms in total. The van der Waals surface area contributed by atoms with Crippen LogP contribution in [0.25, 0.3) is 6.08 Å². The number of benzene rings is 3. The first-order valence-electron chi connectivity index (χ1n) is 9.86. The van der Waals surface area contributed by atoms with Crippen LogP contribution < -0.4 is 9.47 Å². The van der Waals surface area contributed by atoms with Crippen molar-refractivity contribution in [1.82, 2.24) is 0 Å². The lowest BCUT2D eigenvalue weighted by atomic mass is 10.1. The Hall–Kier alpha value is -3.88. The van der Waals surface area contributed by atoms with Gasteiger partial charge in [-0.3, -0.25) is 10.1 Å². The van der Waals surface area contributed by atoms with Gasteiger partial charge >= 0.3 is 5.97 Å². The van der Waals surface area contributed by atoms with Crippen molar-refractivity contribution in [2.75, 3.05) is 7.11 Å². The van der Waals surface area contributed by atoms with E-state index in [4.69, 9.17) is 37.4 Å². The SMILES string of the molecule is COc1cc(/C=C2\N=C(c3ccc(Cl)c([N+](=O)[O-])c3)OC2=O)ccc1OCc1cccc(Cl)c1. The predicted molar refractivity (Wildman–Crippen MR) is 127 cm³/mol. The number of nitrogens with zero attached hydrogens (tertiary/aromatic N) is 2. The van der Waals surface area contributed by atoms with Gasteiger partial charge in [0, 0.05) is 16.7 Å². The number of ether oxygens (including phenoxy) is 3. The maximum Gasteiger partial charge on any atom is 0.363 e. The molecule has 1 aliphatic heterocycles. The summed E-state index contributed by atoms with van der Waals surface area (Å²) in [6.45, 7) is 0.296. The molecular weight excluding hydrogens is 483 g/mol. The molecule has 0 radical (unpaired) electrons. The van der Waals surface area contributed by atoms with Crippen molar-refractivity contribution in [2.24, 2.45) is 4.99 Å². The van der Waals surface area contributed by atoms with E-state index in [2.05, 4.69) is 4.99 Å². The number of esters is 1. The van der Waals surface area contributed by atoms with Gasteiger partial charge in [0.25, 0.3) is 5.69 Å². The minimum absolute atomic E-state index is 0.0285. The molecule has 0 fully saturated rings. The Morgan fingerprint density at radius 2 is 1.91 bits per heavy atom. The van der Waals surface area contributed by atoms with E-state index in [-0.39, 0.29) is 27.9 Å². The van der Waals surface area contributed by atoms with Gasteiger partial charge in [0.1, 0.15) is 11.6 Å². The molecule has 172 valence electrons. The summed E-state index contributed by atoms with van der Waals surface area (Å²) in [4.78, 5) is 27.0. The number of halogens is 2. The predicted octanol–water partition coefficient (Wildman–Crippen LogP) is 5.83.